The first kappa shape index (κ1) is 17.2. The van der Waals surface area contributed by atoms with Crippen molar-refractivity contribution in [2.24, 2.45) is 0 Å². The Kier molecular flexibility index (Phi) is 5.19. The summed E-state index contributed by atoms with van der Waals surface area (Å²) in [5.41, 5.74) is 2.95. The molecular weight excluding hydrogens is 342 g/mol. The molecule has 122 valence electrons. The summed E-state index contributed by atoms with van der Waals surface area (Å²) in [5.74, 6) is -0.545. The van der Waals surface area contributed by atoms with E-state index in [4.69, 9.17) is 11.6 Å². The van der Waals surface area contributed by atoms with Crippen LogP contribution in [0.3, 0.4) is 0 Å². The summed E-state index contributed by atoms with van der Waals surface area (Å²) in [4.78, 5) is 20.5. The Hall–Kier alpha value is -2.16. The fourth-order valence-corrected chi connectivity index (χ4v) is 2.90. The zero-order valence-electron chi connectivity index (χ0n) is 12.3. The van der Waals surface area contributed by atoms with Gasteiger partial charge < -0.3 is 5.32 Å². The number of rotatable bonds is 5. The van der Waals surface area contributed by atoms with Crippen molar-refractivity contribution in [1.82, 2.24) is 10.5 Å². The molecule has 2 aromatic rings. The summed E-state index contributed by atoms with van der Waals surface area (Å²) in [6, 6.07) is 7.76. The summed E-state index contributed by atoms with van der Waals surface area (Å²) in [7, 11) is -2.14. The molecule has 1 aromatic heterocycles. The molecule has 0 unspecified atom stereocenters. The highest BCUT2D eigenvalue weighted by molar-refractivity contribution is 7.90. The van der Waals surface area contributed by atoms with Crippen molar-refractivity contribution < 1.29 is 18.0 Å². The van der Waals surface area contributed by atoms with Gasteiger partial charge in [-0.15, -0.1) is 0 Å². The van der Waals surface area contributed by atoms with Crippen molar-refractivity contribution >= 4 is 38.7 Å². The molecule has 9 heteroatoms. The summed E-state index contributed by atoms with van der Waals surface area (Å²) in [6.45, 7) is 0. The predicted octanol–water partition coefficient (Wildman–Crippen LogP) is 2.17. The van der Waals surface area contributed by atoms with Gasteiger partial charge in [0.25, 0.3) is 5.91 Å². The van der Waals surface area contributed by atoms with E-state index in [1.807, 2.05) is 0 Å². The van der Waals surface area contributed by atoms with Gasteiger partial charge in [-0.3, -0.25) is 9.63 Å². The molecule has 0 atom stereocenters. The lowest BCUT2D eigenvalue weighted by Crippen LogP contribution is -2.23. The lowest BCUT2D eigenvalue weighted by atomic mass is 10.2. The molecule has 1 aromatic carbocycles. The molecule has 0 aliphatic heterocycles. The fraction of sp³-hybridized carbons (Fsp3) is 0.143. The lowest BCUT2D eigenvalue weighted by molar-refractivity contribution is 0.0538. The van der Waals surface area contributed by atoms with Crippen molar-refractivity contribution in [3.05, 3.63) is 47.2 Å². The van der Waals surface area contributed by atoms with Gasteiger partial charge in [-0.05, 0) is 18.2 Å². The first-order valence-electron chi connectivity index (χ1n) is 6.38. The number of hydrogen-bond donors (Lipinski definition) is 2. The van der Waals surface area contributed by atoms with Crippen LogP contribution in [-0.2, 0) is 14.7 Å². The smallest absolute Gasteiger partial charge is 0.278 e. The number of nitrogens with one attached hydrogen (secondary N) is 2. The minimum absolute atomic E-state index is 0.103. The molecule has 1 amide bonds. The third kappa shape index (κ3) is 4.19. The van der Waals surface area contributed by atoms with Crippen LogP contribution in [0.15, 0.2) is 41.4 Å². The van der Waals surface area contributed by atoms with Crippen molar-refractivity contribution in [2.45, 2.75) is 4.90 Å². The first-order valence-corrected chi connectivity index (χ1v) is 8.65. The van der Waals surface area contributed by atoms with E-state index in [2.05, 4.69) is 20.6 Å². The molecule has 0 fully saturated rings. The minimum Gasteiger partial charge on any atom is -0.354 e. The minimum atomic E-state index is -3.44. The molecule has 0 radical (unpaired) electrons. The van der Waals surface area contributed by atoms with E-state index in [0.29, 0.717) is 11.4 Å². The van der Waals surface area contributed by atoms with Crippen LogP contribution >= 0.6 is 11.6 Å². The van der Waals surface area contributed by atoms with Gasteiger partial charge in [-0.1, -0.05) is 23.7 Å². The summed E-state index contributed by atoms with van der Waals surface area (Å²) < 4.78 is 23.7. The molecule has 0 aliphatic carbocycles. The second kappa shape index (κ2) is 6.95. The number of para-hydroxylation sites is 1. The molecule has 7 nitrogen and oxygen atoms in total. The molecule has 0 saturated heterocycles. The topological polar surface area (TPSA) is 97.4 Å². The Morgan fingerprint density at radius 2 is 1.96 bits per heavy atom. The number of pyridine rings is 1. The Balaban J connectivity index is 2.49. The quantitative estimate of drug-likeness (QED) is 0.630. The van der Waals surface area contributed by atoms with Crippen LogP contribution in [-0.4, -0.2) is 32.7 Å². The fourth-order valence-electron chi connectivity index (χ4n) is 1.90. The Bertz CT molecular complexity index is 840. The van der Waals surface area contributed by atoms with Crippen LogP contribution in [0, 0.1) is 0 Å². The molecule has 0 spiro atoms. The molecule has 0 bridgehead atoms. The van der Waals surface area contributed by atoms with Gasteiger partial charge in [-0.2, -0.15) is 0 Å². The number of halogens is 1. The van der Waals surface area contributed by atoms with Crippen molar-refractivity contribution in [2.75, 3.05) is 18.7 Å². The normalized spacial score (nSPS) is 11.1. The summed E-state index contributed by atoms with van der Waals surface area (Å²) >= 11 is 5.86. The molecule has 0 aliphatic rings. The maximum absolute atomic E-state index is 12.0. The zero-order chi connectivity index (χ0) is 17.0. The molecule has 2 rings (SSSR count). The number of benzene rings is 1. The average Bonchev–Trinajstić information content (AvgIpc) is 2.47. The van der Waals surface area contributed by atoms with Crippen molar-refractivity contribution in [3.8, 4) is 0 Å². The number of carbonyl (C=O) groups is 1. The third-order valence-corrected chi connectivity index (χ3v) is 4.23. The molecule has 23 heavy (non-hydrogen) atoms. The molecular formula is C14H14ClN3O4S. The van der Waals surface area contributed by atoms with Crippen LogP contribution in [0.4, 0.5) is 11.4 Å². The second-order valence-electron chi connectivity index (χ2n) is 4.58. The number of aromatic nitrogens is 1. The Morgan fingerprint density at radius 1 is 1.26 bits per heavy atom. The van der Waals surface area contributed by atoms with Crippen LogP contribution in [0.5, 0.6) is 0 Å². The lowest BCUT2D eigenvalue weighted by Gasteiger charge is -2.14. The maximum Gasteiger partial charge on any atom is 0.278 e. The largest absolute Gasteiger partial charge is 0.354 e. The number of anilines is 2. The number of hydroxylamine groups is 1. The van der Waals surface area contributed by atoms with Crippen LogP contribution in [0.2, 0.25) is 5.15 Å². The second-order valence-corrected chi connectivity index (χ2v) is 6.95. The van der Waals surface area contributed by atoms with E-state index < -0.39 is 15.7 Å². The first-order chi connectivity index (χ1) is 10.8. The van der Waals surface area contributed by atoms with Crippen molar-refractivity contribution in [1.29, 1.82) is 0 Å². The van der Waals surface area contributed by atoms with Gasteiger partial charge in [0.15, 0.2) is 9.84 Å². The average molecular weight is 356 g/mol. The van der Waals surface area contributed by atoms with Gasteiger partial charge in [0, 0.05) is 12.5 Å². The number of sulfone groups is 1. The van der Waals surface area contributed by atoms with Gasteiger partial charge >= 0.3 is 0 Å². The van der Waals surface area contributed by atoms with E-state index in [9.17, 15) is 13.2 Å². The van der Waals surface area contributed by atoms with Gasteiger partial charge in [0.2, 0.25) is 0 Å². The Morgan fingerprint density at radius 3 is 2.61 bits per heavy atom. The van der Waals surface area contributed by atoms with Gasteiger partial charge in [0.1, 0.15) is 5.15 Å². The highest BCUT2D eigenvalue weighted by Gasteiger charge is 2.17. The van der Waals surface area contributed by atoms with Crippen LogP contribution in [0.25, 0.3) is 0 Å². The van der Waals surface area contributed by atoms with E-state index in [0.717, 1.165) is 6.26 Å². The summed E-state index contributed by atoms with van der Waals surface area (Å²) in [6.07, 6.45) is 2.37. The van der Waals surface area contributed by atoms with Crippen LogP contribution in [0.1, 0.15) is 10.4 Å². The van der Waals surface area contributed by atoms with E-state index in [1.54, 1.807) is 18.2 Å². The number of hydrogen-bond acceptors (Lipinski definition) is 6. The highest BCUT2D eigenvalue weighted by atomic mass is 35.5. The molecule has 2 N–H and O–H groups in total. The summed E-state index contributed by atoms with van der Waals surface area (Å²) in [5, 5.41) is 3.06. The van der Waals surface area contributed by atoms with Gasteiger partial charge in [-0.25, -0.2) is 18.9 Å². The molecule has 0 saturated carbocycles. The zero-order valence-corrected chi connectivity index (χ0v) is 13.9. The Labute approximate surface area is 138 Å². The van der Waals surface area contributed by atoms with Gasteiger partial charge in [0.05, 0.1) is 28.9 Å². The number of carbonyl (C=O) groups excluding carboxylic acids is 1. The number of nitrogens with zero attached hydrogens (tertiary/aromatic N) is 1. The highest BCUT2D eigenvalue weighted by Crippen LogP contribution is 2.28. The number of amides is 1. The van der Waals surface area contributed by atoms with Crippen LogP contribution < -0.4 is 10.8 Å². The van der Waals surface area contributed by atoms with E-state index in [1.165, 1.54) is 25.4 Å². The predicted molar refractivity (Wildman–Crippen MR) is 86.6 cm³/mol. The van der Waals surface area contributed by atoms with Crippen molar-refractivity contribution in [3.63, 3.8) is 0 Å². The standard InChI is InChI=1S/C14H14ClN3O4S/c1-22-18-14(19)9-8-16-13(15)7-11(9)17-10-5-3-4-6-12(10)23(2,20)21/h3-8H,1-2H3,(H,16,17)(H,18,19). The van der Waals surface area contributed by atoms with E-state index in [-0.39, 0.29) is 15.6 Å². The third-order valence-electron chi connectivity index (χ3n) is 2.87. The SMILES string of the molecule is CONC(=O)c1cnc(Cl)cc1Nc1ccccc1S(C)(=O)=O. The molecule has 1 heterocycles. The monoisotopic (exact) mass is 355 g/mol. The van der Waals surface area contributed by atoms with E-state index >= 15 is 0 Å². The maximum atomic E-state index is 12.0.